The third kappa shape index (κ3) is 27.9. The van der Waals surface area contributed by atoms with E-state index in [1.54, 1.807) is 12.2 Å². The van der Waals surface area contributed by atoms with E-state index in [1.165, 1.54) is 51.4 Å². The first-order chi connectivity index (χ1) is 26.7. The Morgan fingerprint density at radius 1 is 0.804 bits per heavy atom. The number of phosphoric ester groups is 1. The molecule has 56 heavy (non-hydrogen) atoms. The number of ether oxygens (including phenoxy) is 2. The first-order valence-corrected chi connectivity index (χ1v) is 23.5. The molecule has 13 heteroatoms. The number of likely N-dealkylation sites (N-methyl/N-ethyl adjacent to an activating group) is 1. The second-order valence-electron chi connectivity index (χ2n) is 16.9. The minimum atomic E-state index is -4.68. The first-order valence-electron chi connectivity index (χ1n) is 22.0. The van der Waals surface area contributed by atoms with Crippen LogP contribution in [-0.2, 0) is 37.5 Å². The van der Waals surface area contributed by atoms with Gasteiger partial charge in [-0.2, -0.15) is 0 Å². The summed E-state index contributed by atoms with van der Waals surface area (Å²) in [6.45, 7) is 3.85. The van der Waals surface area contributed by atoms with E-state index in [9.17, 15) is 34.1 Å². The molecule has 0 bridgehead atoms. The number of esters is 2. The van der Waals surface area contributed by atoms with Gasteiger partial charge in [-0.1, -0.05) is 135 Å². The summed E-state index contributed by atoms with van der Waals surface area (Å²) in [4.78, 5) is 50.2. The van der Waals surface area contributed by atoms with Crippen molar-refractivity contribution in [1.82, 2.24) is 0 Å². The molecule has 1 fully saturated rings. The molecule has 0 spiro atoms. The number of aliphatic hydroxyl groups excluding tert-OH is 2. The maximum atomic E-state index is 12.8. The van der Waals surface area contributed by atoms with Gasteiger partial charge in [-0.05, 0) is 31.6 Å². The highest BCUT2D eigenvalue weighted by Gasteiger charge is 2.39. The zero-order valence-corrected chi connectivity index (χ0v) is 36.7. The van der Waals surface area contributed by atoms with Gasteiger partial charge in [0.2, 0.25) is 0 Å². The SMILES string of the molecule is CCCCCCCCCCCCCCC(=O)OC[C@H](COP(=O)([O-])OCC[N+](C)(C)C)OC(=O)CCCCCC[C@H]1[C@@H](O)CC(=O)[C@@H]1/C=C/[C@@H](O)CCCCC. The molecule has 0 aromatic rings. The van der Waals surface area contributed by atoms with Gasteiger partial charge in [-0.15, -0.1) is 0 Å². The summed E-state index contributed by atoms with van der Waals surface area (Å²) in [6, 6.07) is 0. The number of carbonyl (C=O) groups excluding carboxylic acids is 3. The summed E-state index contributed by atoms with van der Waals surface area (Å²) in [5.41, 5.74) is 0. The van der Waals surface area contributed by atoms with E-state index < -0.39 is 50.6 Å². The van der Waals surface area contributed by atoms with Crippen molar-refractivity contribution in [2.24, 2.45) is 11.8 Å². The Morgan fingerprint density at radius 3 is 1.93 bits per heavy atom. The molecule has 6 atom stereocenters. The van der Waals surface area contributed by atoms with Crippen LogP contribution < -0.4 is 4.89 Å². The van der Waals surface area contributed by atoms with Crippen molar-refractivity contribution in [3.63, 3.8) is 0 Å². The summed E-state index contributed by atoms with van der Waals surface area (Å²) in [6.07, 6.45) is 22.8. The average Bonchev–Trinajstić information content (AvgIpc) is 3.40. The van der Waals surface area contributed by atoms with Gasteiger partial charge in [0.25, 0.3) is 7.82 Å². The molecule has 1 aliphatic carbocycles. The van der Waals surface area contributed by atoms with Crippen LogP contribution >= 0.6 is 7.82 Å². The van der Waals surface area contributed by atoms with Crippen LogP contribution in [-0.4, -0.2) is 98.2 Å². The van der Waals surface area contributed by atoms with Crippen molar-refractivity contribution in [3.05, 3.63) is 12.2 Å². The lowest BCUT2D eigenvalue weighted by Crippen LogP contribution is -2.37. The summed E-state index contributed by atoms with van der Waals surface area (Å²) in [5.74, 6) is -1.58. The monoisotopic (exact) mass is 818 g/mol. The number of unbranched alkanes of at least 4 members (excludes halogenated alkanes) is 16. The number of ketones is 1. The summed E-state index contributed by atoms with van der Waals surface area (Å²) in [5, 5.41) is 20.8. The number of allylic oxidation sites excluding steroid dienone is 1. The molecule has 12 nitrogen and oxygen atoms in total. The Balaban J connectivity index is 2.49. The van der Waals surface area contributed by atoms with E-state index in [1.807, 2.05) is 21.1 Å². The van der Waals surface area contributed by atoms with Gasteiger partial charge in [0, 0.05) is 25.2 Å². The molecule has 0 aromatic heterocycles. The number of carbonyl (C=O) groups is 3. The minimum absolute atomic E-state index is 0.000123. The molecule has 1 unspecified atom stereocenters. The molecule has 2 N–H and O–H groups in total. The Morgan fingerprint density at radius 2 is 1.34 bits per heavy atom. The van der Waals surface area contributed by atoms with E-state index in [2.05, 4.69) is 13.8 Å². The topological polar surface area (TPSA) is 169 Å². The molecule has 0 heterocycles. The number of hydrogen-bond donors (Lipinski definition) is 2. The smallest absolute Gasteiger partial charge is 0.306 e. The zero-order chi connectivity index (χ0) is 41.7. The van der Waals surface area contributed by atoms with Crippen LogP contribution in [0.1, 0.15) is 168 Å². The number of rotatable bonds is 36. The molecule has 0 amide bonds. The van der Waals surface area contributed by atoms with Crippen molar-refractivity contribution in [3.8, 4) is 0 Å². The Labute approximate surface area is 339 Å². The van der Waals surface area contributed by atoms with Crippen molar-refractivity contribution >= 4 is 25.5 Å². The molecule has 0 aliphatic heterocycles. The van der Waals surface area contributed by atoms with E-state index in [0.717, 1.165) is 51.4 Å². The molecular weight excluding hydrogens is 737 g/mol. The van der Waals surface area contributed by atoms with Crippen molar-refractivity contribution in [2.45, 2.75) is 186 Å². The van der Waals surface area contributed by atoms with Gasteiger partial charge < -0.3 is 38.1 Å². The molecule has 0 saturated heterocycles. The van der Waals surface area contributed by atoms with Crippen LogP contribution in [0.4, 0.5) is 0 Å². The van der Waals surface area contributed by atoms with Crippen molar-refractivity contribution in [2.75, 3.05) is 47.5 Å². The Hall–Kier alpha value is -1.66. The third-order valence-electron chi connectivity index (χ3n) is 10.4. The molecule has 1 saturated carbocycles. The number of nitrogens with zero attached hydrogens (tertiary/aromatic N) is 1. The van der Waals surface area contributed by atoms with Crippen LogP contribution in [0.25, 0.3) is 0 Å². The predicted octanol–water partition coefficient (Wildman–Crippen LogP) is 8.14. The summed E-state index contributed by atoms with van der Waals surface area (Å²) < 4.78 is 33.8. The maximum Gasteiger partial charge on any atom is 0.306 e. The largest absolute Gasteiger partial charge is 0.756 e. The number of phosphoric acid groups is 1. The van der Waals surface area contributed by atoms with E-state index in [0.29, 0.717) is 43.1 Å². The average molecular weight is 818 g/mol. The van der Waals surface area contributed by atoms with Gasteiger partial charge >= 0.3 is 11.9 Å². The van der Waals surface area contributed by atoms with Gasteiger partial charge in [0.15, 0.2) is 6.10 Å². The van der Waals surface area contributed by atoms with E-state index >= 15 is 0 Å². The zero-order valence-electron chi connectivity index (χ0n) is 35.8. The van der Waals surface area contributed by atoms with Gasteiger partial charge in [0.1, 0.15) is 25.5 Å². The van der Waals surface area contributed by atoms with Crippen molar-refractivity contribution < 1.29 is 57.1 Å². The fourth-order valence-corrected chi connectivity index (χ4v) is 7.64. The van der Waals surface area contributed by atoms with Gasteiger partial charge in [-0.3, -0.25) is 18.9 Å². The van der Waals surface area contributed by atoms with Gasteiger partial charge in [0.05, 0.1) is 40.0 Å². The maximum absolute atomic E-state index is 12.8. The highest BCUT2D eigenvalue weighted by molar-refractivity contribution is 7.45. The highest BCUT2D eigenvalue weighted by Crippen LogP contribution is 2.38. The lowest BCUT2D eigenvalue weighted by Gasteiger charge is -2.28. The number of quaternary nitrogens is 1. The fraction of sp³-hybridized carbons (Fsp3) is 0.884. The second kappa shape index (κ2) is 31.3. The second-order valence-corrected chi connectivity index (χ2v) is 18.3. The van der Waals surface area contributed by atoms with E-state index in [4.69, 9.17) is 18.5 Å². The van der Waals surface area contributed by atoms with Crippen molar-refractivity contribution in [1.29, 1.82) is 0 Å². The Kier molecular flexibility index (Phi) is 29.3. The highest BCUT2D eigenvalue weighted by atomic mass is 31.2. The third-order valence-corrected chi connectivity index (χ3v) is 11.4. The molecule has 0 radical (unpaired) electrons. The van der Waals surface area contributed by atoms with Crippen LogP contribution in [0.2, 0.25) is 0 Å². The lowest BCUT2D eigenvalue weighted by molar-refractivity contribution is -0.870. The Bertz CT molecular complexity index is 1130. The molecule has 1 rings (SSSR count). The quantitative estimate of drug-likeness (QED) is 0.0206. The van der Waals surface area contributed by atoms with Crippen LogP contribution in [0, 0.1) is 11.8 Å². The predicted molar refractivity (Wildman–Crippen MR) is 219 cm³/mol. The fourth-order valence-electron chi connectivity index (χ4n) is 6.91. The molecule has 1 aliphatic rings. The number of Topliss-reactive ketones (excluding diaryl/α,β-unsaturated/α-hetero) is 1. The van der Waals surface area contributed by atoms with E-state index in [-0.39, 0.29) is 44.2 Å². The number of hydrogen-bond acceptors (Lipinski definition) is 11. The standard InChI is InChI=1S/C43H80NO11P/c1-6-8-10-11-12-13-14-15-16-17-18-23-27-42(48)52-34-37(35-54-56(50,51)53-32-31-44(3,4)5)55-43(49)28-24-20-19-22-26-38-39(41(47)33-40(38)46)30-29-36(45)25-21-9-7-2/h29-30,36-40,45-46H,6-28,31-35H2,1-5H3/b30-29+/t36-,37+,38+,39+,40-/m0/s1. The summed E-state index contributed by atoms with van der Waals surface area (Å²) >= 11 is 0. The normalized spacial score (nSPS) is 19.6. The van der Waals surface area contributed by atoms with Crippen LogP contribution in [0.5, 0.6) is 0 Å². The molecule has 0 aromatic carbocycles. The summed E-state index contributed by atoms with van der Waals surface area (Å²) in [7, 11) is 1.03. The minimum Gasteiger partial charge on any atom is -0.756 e. The lowest BCUT2D eigenvalue weighted by atomic mass is 9.88. The van der Waals surface area contributed by atoms with Crippen LogP contribution in [0.3, 0.4) is 0 Å². The molecule has 328 valence electrons. The number of aliphatic hydroxyl groups is 2. The van der Waals surface area contributed by atoms with Crippen LogP contribution in [0.15, 0.2) is 12.2 Å². The van der Waals surface area contributed by atoms with Gasteiger partial charge in [-0.25, -0.2) is 0 Å². The first kappa shape index (κ1) is 52.4. The molecular formula is C43H80NO11P.